The number of carbonyl (C=O) groups excluding carboxylic acids is 1. The predicted octanol–water partition coefficient (Wildman–Crippen LogP) is 3.31. The zero-order valence-electron chi connectivity index (χ0n) is 19.0. The van der Waals surface area contributed by atoms with Crippen molar-refractivity contribution in [2.75, 3.05) is 26.2 Å². The molecule has 0 N–H and O–H groups in total. The lowest BCUT2D eigenvalue weighted by Gasteiger charge is -2.34. The minimum absolute atomic E-state index is 0.0668. The Balaban J connectivity index is 1.32. The molecule has 0 spiro atoms. The Labute approximate surface area is 202 Å². The number of amides is 1. The van der Waals surface area contributed by atoms with Crippen LogP contribution in [0.1, 0.15) is 11.1 Å². The van der Waals surface area contributed by atoms with Crippen molar-refractivity contribution >= 4 is 38.3 Å². The summed E-state index contributed by atoms with van der Waals surface area (Å²) in [7, 11) is -3.59. The topological polar surface area (TPSA) is 88.4 Å². The molecule has 176 valence electrons. The van der Waals surface area contributed by atoms with Gasteiger partial charge in [0.15, 0.2) is 5.82 Å². The highest BCUT2D eigenvalue weighted by Gasteiger charge is 2.31. The van der Waals surface area contributed by atoms with Gasteiger partial charge in [-0.15, -0.1) is 11.3 Å². The molecule has 0 saturated carbocycles. The zero-order valence-corrected chi connectivity index (χ0v) is 20.6. The van der Waals surface area contributed by atoms with Crippen molar-refractivity contribution in [3.8, 4) is 11.5 Å². The van der Waals surface area contributed by atoms with E-state index in [2.05, 4.69) is 4.98 Å². The average Bonchev–Trinajstić information content (AvgIpc) is 3.49. The lowest BCUT2D eigenvalue weighted by atomic mass is 10.1. The number of thiazole rings is 1. The highest BCUT2D eigenvalue weighted by molar-refractivity contribution is 7.89. The van der Waals surface area contributed by atoms with Gasteiger partial charge < -0.3 is 9.47 Å². The summed E-state index contributed by atoms with van der Waals surface area (Å²) >= 11 is 1.48. The van der Waals surface area contributed by atoms with Gasteiger partial charge in [0.2, 0.25) is 15.9 Å². The molecule has 10 heteroatoms. The standard InChI is InChI=1S/C24H25N5O3S2/c1-17-7-8-19(13-18(17)2)34(31,32)28-11-9-27(10-12-28)23(30)14-29-22-6-4-3-5-20(22)26-24(29)21-15-33-16-25-21/h3-8,13,15-16H,9-12,14H2,1-2H3. The third kappa shape index (κ3) is 4.13. The lowest BCUT2D eigenvalue weighted by molar-refractivity contribution is -0.132. The fraction of sp³-hybridized carbons (Fsp3) is 0.292. The van der Waals surface area contributed by atoms with E-state index >= 15 is 0 Å². The monoisotopic (exact) mass is 495 g/mol. The van der Waals surface area contributed by atoms with Gasteiger partial charge in [0.25, 0.3) is 0 Å². The van der Waals surface area contributed by atoms with Crippen molar-refractivity contribution in [3.05, 3.63) is 64.5 Å². The maximum absolute atomic E-state index is 13.2. The first kappa shape index (κ1) is 22.7. The number of rotatable bonds is 5. The number of aryl methyl sites for hydroxylation is 2. The summed E-state index contributed by atoms with van der Waals surface area (Å²) < 4.78 is 29.6. The second-order valence-electron chi connectivity index (χ2n) is 8.41. The molecule has 34 heavy (non-hydrogen) atoms. The van der Waals surface area contributed by atoms with Gasteiger partial charge in [-0.05, 0) is 49.2 Å². The van der Waals surface area contributed by atoms with Crippen LogP contribution in [0.15, 0.2) is 58.3 Å². The molecule has 1 amide bonds. The van der Waals surface area contributed by atoms with Crippen LogP contribution >= 0.6 is 11.3 Å². The molecule has 5 rings (SSSR count). The number of hydrogen-bond donors (Lipinski definition) is 0. The van der Waals surface area contributed by atoms with Crippen LogP contribution in [0.25, 0.3) is 22.6 Å². The van der Waals surface area contributed by atoms with Gasteiger partial charge in [0.1, 0.15) is 12.2 Å². The quantitative estimate of drug-likeness (QED) is 0.424. The number of sulfonamides is 1. The van der Waals surface area contributed by atoms with Gasteiger partial charge in [-0.1, -0.05) is 18.2 Å². The van der Waals surface area contributed by atoms with E-state index < -0.39 is 10.0 Å². The van der Waals surface area contributed by atoms with Gasteiger partial charge in [0.05, 0.1) is 21.4 Å². The Morgan fingerprint density at radius 3 is 2.50 bits per heavy atom. The molecule has 1 aliphatic rings. The molecule has 1 saturated heterocycles. The maximum Gasteiger partial charge on any atom is 0.243 e. The zero-order chi connectivity index (χ0) is 23.9. The van der Waals surface area contributed by atoms with E-state index in [1.54, 1.807) is 22.5 Å². The van der Waals surface area contributed by atoms with Gasteiger partial charge in [0, 0.05) is 31.6 Å². The van der Waals surface area contributed by atoms with E-state index in [4.69, 9.17) is 4.98 Å². The predicted molar refractivity (Wildman–Crippen MR) is 132 cm³/mol. The Kier molecular flexibility index (Phi) is 5.97. The van der Waals surface area contributed by atoms with Crippen LogP contribution in [-0.2, 0) is 21.4 Å². The molecule has 8 nitrogen and oxygen atoms in total. The van der Waals surface area contributed by atoms with Crippen molar-refractivity contribution in [2.24, 2.45) is 0 Å². The third-order valence-electron chi connectivity index (χ3n) is 6.32. The van der Waals surface area contributed by atoms with E-state index in [9.17, 15) is 13.2 Å². The summed E-state index contributed by atoms with van der Waals surface area (Å²) in [6.07, 6.45) is 0. The Morgan fingerprint density at radius 2 is 1.79 bits per heavy atom. The van der Waals surface area contributed by atoms with E-state index in [0.717, 1.165) is 27.9 Å². The van der Waals surface area contributed by atoms with Crippen LogP contribution in [-0.4, -0.2) is 64.2 Å². The van der Waals surface area contributed by atoms with E-state index in [0.29, 0.717) is 23.8 Å². The molecular formula is C24H25N5O3S2. The van der Waals surface area contributed by atoms with Crippen molar-refractivity contribution in [3.63, 3.8) is 0 Å². The number of hydrogen-bond acceptors (Lipinski definition) is 6. The smallest absolute Gasteiger partial charge is 0.243 e. The van der Waals surface area contributed by atoms with Crippen LogP contribution in [0, 0.1) is 13.8 Å². The molecule has 0 atom stereocenters. The molecule has 0 aliphatic carbocycles. The Hall–Kier alpha value is -3.08. The first-order valence-electron chi connectivity index (χ1n) is 11.0. The normalized spacial score (nSPS) is 15.2. The van der Waals surface area contributed by atoms with Gasteiger partial charge >= 0.3 is 0 Å². The van der Waals surface area contributed by atoms with Crippen LogP contribution in [0.5, 0.6) is 0 Å². The molecule has 2 aromatic carbocycles. The number of aromatic nitrogens is 3. The molecule has 0 bridgehead atoms. The van der Waals surface area contributed by atoms with Crippen molar-refractivity contribution in [1.29, 1.82) is 0 Å². The van der Waals surface area contributed by atoms with Crippen LogP contribution in [0.4, 0.5) is 0 Å². The SMILES string of the molecule is Cc1ccc(S(=O)(=O)N2CCN(C(=O)Cn3c(-c4cscn4)nc4ccccc43)CC2)cc1C. The molecule has 3 heterocycles. The summed E-state index contributed by atoms with van der Waals surface area (Å²) in [6.45, 7) is 5.22. The van der Waals surface area contributed by atoms with Crippen molar-refractivity contribution in [1.82, 2.24) is 23.7 Å². The molecule has 2 aromatic heterocycles. The fourth-order valence-corrected chi connectivity index (χ4v) is 6.23. The number of imidazole rings is 1. The summed E-state index contributed by atoms with van der Waals surface area (Å²) in [5.74, 6) is 0.592. The van der Waals surface area contributed by atoms with Crippen molar-refractivity contribution in [2.45, 2.75) is 25.3 Å². The van der Waals surface area contributed by atoms with Crippen molar-refractivity contribution < 1.29 is 13.2 Å². The Morgan fingerprint density at radius 1 is 1.03 bits per heavy atom. The first-order chi connectivity index (χ1) is 16.3. The minimum atomic E-state index is -3.59. The highest BCUT2D eigenvalue weighted by atomic mass is 32.2. The number of benzene rings is 2. The van der Waals surface area contributed by atoms with E-state index in [-0.39, 0.29) is 25.5 Å². The van der Waals surface area contributed by atoms with Crippen LogP contribution in [0.2, 0.25) is 0 Å². The second-order valence-corrected chi connectivity index (χ2v) is 11.1. The number of fused-ring (bicyclic) bond motifs is 1. The second kappa shape index (κ2) is 8.94. The molecular weight excluding hydrogens is 470 g/mol. The van der Waals surface area contributed by atoms with Crippen LogP contribution in [0.3, 0.4) is 0 Å². The summed E-state index contributed by atoms with van der Waals surface area (Å²) in [6, 6.07) is 12.9. The number of carbonyl (C=O) groups is 1. The molecule has 0 radical (unpaired) electrons. The summed E-state index contributed by atoms with van der Waals surface area (Å²) in [5.41, 5.74) is 6.16. The summed E-state index contributed by atoms with van der Waals surface area (Å²) in [4.78, 5) is 24.3. The number of para-hydroxylation sites is 2. The number of piperazine rings is 1. The minimum Gasteiger partial charge on any atom is -0.339 e. The molecule has 1 fully saturated rings. The largest absolute Gasteiger partial charge is 0.339 e. The van der Waals surface area contributed by atoms with Crippen LogP contribution < -0.4 is 0 Å². The van der Waals surface area contributed by atoms with Gasteiger partial charge in [-0.25, -0.2) is 18.4 Å². The van der Waals surface area contributed by atoms with E-state index in [1.165, 1.54) is 15.6 Å². The fourth-order valence-electron chi connectivity index (χ4n) is 4.19. The molecule has 4 aromatic rings. The van der Waals surface area contributed by atoms with Gasteiger partial charge in [-0.3, -0.25) is 4.79 Å². The molecule has 1 aliphatic heterocycles. The Bertz CT molecular complexity index is 1450. The molecule has 0 unspecified atom stereocenters. The lowest BCUT2D eigenvalue weighted by Crippen LogP contribution is -2.51. The summed E-state index contributed by atoms with van der Waals surface area (Å²) in [5, 5.41) is 1.92. The third-order valence-corrected chi connectivity index (χ3v) is 8.80. The number of nitrogens with zero attached hydrogens (tertiary/aromatic N) is 5. The van der Waals surface area contributed by atoms with Gasteiger partial charge in [-0.2, -0.15) is 4.31 Å². The average molecular weight is 496 g/mol. The van der Waals surface area contributed by atoms with E-state index in [1.807, 2.05) is 54.1 Å². The first-order valence-corrected chi connectivity index (χ1v) is 13.4. The highest BCUT2D eigenvalue weighted by Crippen LogP contribution is 2.25. The maximum atomic E-state index is 13.2.